The third-order valence-corrected chi connectivity index (χ3v) is 10.1. The molecule has 7 aromatic rings. The molecule has 5 heterocycles. The Balaban J connectivity index is 0.00000256. The summed E-state index contributed by atoms with van der Waals surface area (Å²) >= 11 is 0. The van der Waals surface area contributed by atoms with Gasteiger partial charge in [0.2, 0.25) is 0 Å². The number of fused-ring (bicyclic) bond motifs is 8. The summed E-state index contributed by atoms with van der Waals surface area (Å²) in [5.41, 5.74) is 13.7. The number of hydrogen-bond donors (Lipinski definition) is 0. The Hall–Kier alpha value is -6.29. The van der Waals surface area contributed by atoms with E-state index >= 15 is 0 Å². The molecule has 0 spiro atoms. The quantitative estimate of drug-likeness (QED) is 0.144. The van der Waals surface area contributed by atoms with Crippen molar-refractivity contribution in [3.8, 4) is 67.5 Å². The van der Waals surface area contributed by atoms with Crippen molar-refractivity contribution in [1.29, 1.82) is 0 Å². The van der Waals surface area contributed by atoms with Gasteiger partial charge in [0.1, 0.15) is 23.0 Å². The van der Waals surface area contributed by atoms with Crippen molar-refractivity contribution in [2.75, 3.05) is 28.4 Å². The van der Waals surface area contributed by atoms with Crippen LogP contribution in [0.2, 0.25) is 0 Å². The Labute approximate surface area is 358 Å². The van der Waals surface area contributed by atoms with E-state index in [2.05, 4.69) is 48.6 Å². The Morgan fingerprint density at radius 1 is 0.328 bits per heavy atom. The van der Waals surface area contributed by atoms with E-state index in [1.165, 1.54) is 0 Å². The van der Waals surface area contributed by atoms with Crippen LogP contribution in [0.3, 0.4) is 0 Å². The Morgan fingerprint density at radius 2 is 0.534 bits per heavy atom. The molecule has 58 heavy (non-hydrogen) atoms. The molecule has 0 atom stereocenters. The zero-order valence-electron chi connectivity index (χ0n) is 32.0. The van der Waals surface area contributed by atoms with Crippen LogP contribution in [0.4, 0.5) is 0 Å². The number of ether oxygens (including phenoxy) is 4. The van der Waals surface area contributed by atoms with Gasteiger partial charge in [-0.2, -0.15) is 0 Å². The van der Waals surface area contributed by atoms with Gasteiger partial charge in [0.05, 0.1) is 51.2 Å². The van der Waals surface area contributed by atoms with Gasteiger partial charge in [-0.15, -0.1) is 22.1 Å². The predicted molar refractivity (Wildman–Crippen MR) is 225 cm³/mol. The standard InChI is InChI=1S/C48H36N4O4.Au.ClH/c1-53-33-13-5-29(6-14-33)45-37-21-23-39(49-37)46(30-7-15-34(54-2)16-8-30)41-25-27-43(51-41)48(32-11-19-36(56-4)20-12-32)44-28-26-42(52-44)47(40-24-22-38(45)50-40)31-9-17-35(55-3)18-10-31;;/h5-28H,1-4H3;;1H/q-2;+3;/p-1. The maximum atomic E-state index is 5.52. The molecular formula is C48H36AuClN4O4. The van der Waals surface area contributed by atoms with Crippen LogP contribution in [-0.4, -0.2) is 38.4 Å². The summed E-state index contributed by atoms with van der Waals surface area (Å²) in [7, 11) is 6.67. The average Bonchev–Trinajstić information content (AvgIpc) is 4.10. The first-order chi connectivity index (χ1) is 27.5. The predicted octanol–water partition coefficient (Wildman–Crippen LogP) is 7.62. The van der Waals surface area contributed by atoms with Gasteiger partial charge in [0.25, 0.3) is 0 Å². The van der Waals surface area contributed by atoms with Gasteiger partial charge in [-0.3, -0.25) is 0 Å². The maximum Gasteiger partial charge on any atom is 3.00 e. The molecule has 8 bridgehead atoms. The van der Waals surface area contributed by atoms with Crippen LogP contribution in [0.25, 0.3) is 90.9 Å². The summed E-state index contributed by atoms with van der Waals surface area (Å²) in [6.45, 7) is 0. The first-order valence-corrected chi connectivity index (χ1v) is 18.2. The van der Waals surface area contributed by atoms with E-state index in [9.17, 15) is 0 Å². The largest absolute Gasteiger partial charge is 3.00 e. The molecule has 0 saturated carbocycles. The average molecular weight is 965 g/mol. The molecular weight excluding hydrogens is 929 g/mol. The molecule has 0 unspecified atom stereocenters. The van der Waals surface area contributed by atoms with Crippen LogP contribution in [0, 0.1) is 0 Å². The molecule has 3 aromatic heterocycles. The Kier molecular flexibility index (Phi) is 11.7. The van der Waals surface area contributed by atoms with Crippen molar-refractivity contribution in [3.63, 3.8) is 0 Å². The number of benzene rings is 4. The van der Waals surface area contributed by atoms with Crippen molar-refractivity contribution in [2.45, 2.75) is 0 Å². The van der Waals surface area contributed by atoms with Crippen molar-refractivity contribution >= 4 is 46.4 Å². The summed E-state index contributed by atoms with van der Waals surface area (Å²) in [5, 5.41) is 0. The molecule has 0 fully saturated rings. The van der Waals surface area contributed by atoms with Gasteiger partial charge in [0.15, 0.2) is 0 Å². The second-order valence-electron chi connectivity index (χ2n) is 13.3. The molecule has 0 N–H and O–H groups in total. The molecule has 0 amide bonds. The fourth-order valence-electron chi connectivity index (χ4n) is 7.30. The van der Waals surface area contributed by atoms with E-state index in [1.807, 2.05) is 97.1 Å². The molecule has 9 rings (SSSR count). The first-order valence-electron chi connectivity index (χ1n) is 18.2. The minimum Gasteiger partial charge on any atom is -1.00 e. The van der Waals surface area contributed by atoms with Gasteiger partial charge >= 0.3 is 22.4 Å². The van der Waals surface area contributed by atoms with Gasteiger partial charge in [-0.1, -0.05) is 72.8 Å². The second kappa shape index (κ2) is 17.1. The zero-order valence-corrected chi connectivity index (χ0v) is 34.9. The van der Waals surface area contributed by atoms with E-state index in [1.54, 1.807) is 28.4 Å². The summed E-state index contributed by atoms with van der Waals surface area (Å²) in [4.78, 5) is 21.4. The van der Waals surface area contributed by atoms with Crippen molar-refractivity contribution in [1.82, 2.24) is 19.9 Å². The zero-order chi connectivity index (χ0) is 38.2. The summed E-state index contributed by atoms with van der Waals surface area (Å²) in [5.74, 6) is 3.06. The van der Waals surface area contributed by atoms with E-state index in [-0.39, 0.29) is 34.8 Å². The number of rotatable bonds is 8. The number of nitrogens with zero attached hydrogens (tertiary/aromatic N) is 4. The molecule has 0 aliphatic carbocycles. The van der Waals surface area contributed by atoms with Crippen LogP contribution in [0.5, 0.6) is 23.0 Å². The molecule has 0 saturated heterocycles. The molecule has 2 aliphatic heterocycles. The third-order valence-electron chi connectivity index (χ3n) is 10.1. The Bertz CT molecular complexity index is 2450. The Morgan fingerprint density at radius 3 is 0.724 bits per heavy atom. The molecule has 0 radical (unpaired) electrons. The van der Waals surface area contributed by atoms with E-state index in [0.29, 0.717) is 0 Å². The second-order valence-corrected chi connectivity index (χ2v) is 13.3. The van der Waals surface area contributed by atoms with Gasteiger partial charge in [-0.25, -0.2) is 9.97 Å². The normalized spacial score (nSPS) is 11.4. The number of aromatic nitrogens is 4. The fourth-order valence-corrected chi connectivity index (χ4v) is 7.30. The van der Waals surface area contributed by atoms with E-state index in [0.717, 1.165) is 112 Å². The molecule has 4 aromatic carbocycles. The van der Waals surface area contributed by atoms with Crippen LogP contribution < -0.4 is 41.3 Å². The molecule has 8 nitrogen and oxygen atoms in total. The molecule has 10 heteroatoms. The monoisotopic (exact) mass is 964 g/mol. The van der Waals surface area contributed by atoms with Crippen LogP contribution in [-0.2, 0) is 22.4 Å². The SMILES string of the molecule is COc1ccc(-c2c3nc(c(-c4ccc(OC)cc4)c4ccc([n-]4)c(-c4ccc(OC)cc4)c4nc(c(-c5ccc(OC)cc5)c5ccc2[n-]5)C=C4)C=C3)cc1.[Au+3].[Cl-]. The molecule has 2 aliphatic rings. The number of halogens is 1. The fraction of sp³-hybridized carbons (Fsp3) is 0.0833. The van der Waals surface area contributed by atoms with Crippen LogP contribution >= 0.6 is 0 Å². The first kappa shape index (κ1) is 39.9. The maximum absolute atomic E-state index is 5.52. The van der Waals surface area contributed by atoms with Gasteiger partial charge in [-0.05, 0) is 117 Å². The minimum absolute atomic E-state index is 0. The van der Waals surface area contributed by atoms with Crippen molar-refractivity contribution in [2.24, 2.45) is 0 Å². The van der Waals surface area contributed by atoms with Crippen LogP contribution in [0.1, 0.15) is 22.8 Å². The van der Waals surface area contributed by atoms with Crippen molar-refractivity contribution < 1.29 is 53.7 Å². The summed E-state index contributed by atoms with van der Waals surface area (Å²) < 4.78 is 22.1. The summed E-state index contributed by atoms with van der Waals surface area (Å²) in [6, 6.07) is 40.3. The smallest absolute Gasteiger partial charge is 1.00 e. The third kappa shape index (κ3) is 7.46. The molecule has 290 valence electrons. The topological polar surface area (TPSA) is 90.9 Å². The van der Waals surface area contributed by atoms with Gasteiger partial charge < -0.3 is 41.3 Å². The van der Waals surface area contributed by atoms with E-state index in [4.69, 9.17) is 38.9 Å². The number of hydrogen-bond acceptors (Lipinski definition) is 6. The van der Waals surface area contributed by atoms with E-state index < -0.39 is 0 Å². The van der Waals surface area contributed by atoms with Gasteiger partial charge in [0, 0.05) is 0 Å². The summed E-state index contributed by atoms with van der Waals surface area (Å²) in [6.07, 6.45) is 8.23. The minimum atomic E-state index is 0. The van der Waals surface area contributed by atoms with Crippen LogP contribution in [0.15, 0.2) is 121 Å². The number of methoxy groups -OCH3 is 4. The van der Waals surface area contributed by atoms with Crippen molar-refractivity contribution in [3.05, 3.63) is 144 Å².